The van der Waals surface area contributed by atoms with Crippen molar-refractivity contribution >= 4 is 29.5 Å². The molecular formula is C29H29NO9. The van der Waals surface area contributed by atoms with Crippen molar-refractivity contribution < 1.29 is 43.2 Å². The Hall–Kier alpha value is -3.92. The third kappa shape index (κ3) is 2.95. The molecule has 4 fully saturated rings. The summed E-state index contributed by atoms with van der Waals surface area (Å²) in [4.78, 5) is 55.6. The highest BCUT2D eigenvalue weighted by molar-refractivity contribution is 6.07. The first-order valence-electron chi connectivity index (χ1n) is 12.8. The number of amides is 1. The van der Waals surface area contributed by atoms with E-state index in [1.807, 2.05) is 0 Å². The Morgan fingerprint density at radius 2 is 1.69 bits per heavy atom. The van der Waals surface area contributed by atoms with Crippen molar-refractivity contribution in [1.29, 1.82) is 0 Å². The molecule has 4 aliphatic rings. The Bertz CT molecular complexity index is 1380. The van der Waals surface area contributed by atoms with E-state index in [-0.39, 0.29) is 12.0 Å². The van der Waals surface area contributed by atoms with Gasteiger partial charge in [0.05, 0.1) is 24.7 Å². The zero-order valence-electron chi connectivity index (χ0n) is 22.0. The number of carbonyl (C=O) groups is 4. The highest BCUT2D eigenvalue weighted by Gasteiger charge is 2.93. The van der Waals surface area contributed by atoms with E-state index in [4.69, 9.17) is 18.9 Å². The van der Waals surface area contributed by atoms with Gasteiger partial charge in [0.15, 0.2) is 12.3 Å². The number of anilines is 1. The van der Waals surface area contributed by atoms with Crippen LogP contribution in [0, 0.1) is 16.2 Å². The summed E-state index contributed by atoms with van der Waals surface area (Å²) in [5, 5.41) is 12.7. The van der Waals surface area contributed by atoms with Gasteiger partial charge in [-0.2, -0.15) is 0 Å². The van der Waals surface area contributed by atoms with E-state index in [1.165, 1.54) is 12.0 Å². The maximum Gasteiger partial charge on any atom is 0.338 e. The quantitative estimate of drug-likeness (QED) is 0.464. The molecule has 2 aromatic carbocycles. The van der Waals surface area contributed by atoms with Crippen molar-refractivity contribution in [3.05, 3.63) is 60.2 Å². The average molecular weight is 536 g/mol. The van der Waals surface area contributed by atoms with Crippen LogP contribution < -0.4 is 9.64 Å². The fourth-order valence-electron chi connectivity index (χ4n) is 7.27. The zero-order chi connectivity index (χ0) is 28.0. The lowest BCUT2D eigenvalue weighted by Gasteiger charge is -2.51. The summed E-state index contributed by atoms with van der Waals surface area (Å²) in [6.45, 7) is 5.32. The molecule has 2 spiro atoms. The third-order valence-corrected chi connectivity index (χ3v) is 9.06. The molecule has 10 nitrogen and oxygen atoms in total. The topological polar surface area (TPSA) is 129 Å². The van der Waals surface area contributed by atoms with Crippen LogP contribution in [0.5, 0.6) is 5.75 Å². The fourth-order valence-corrected chi connectivity index (χ4v) is 7.27. The highest BCUT2D eigenvalue weighted by Crippen LogP contribution is 2.76. The van der Waals surface area contributed by atoms with E-state index in [2.05, 4.69) is 0 Å². The van der Waals surface area contributed by atoms with Crippen LogP contribution in [0.1, 0.15) is 44.0 Å². The zero-order valence-corrected chi connectivity index (χ0v) is 22.0. The van der Waals surface area contributed by atoms with Gasteiger partial charge in [-0.15, -0.1) is 0 Å². The lowest BCUT2D eigenvalue weighted by Crippen LogP contribution is -2.66. The molecule has 2 aromatic rings. The minimum absolute atomic E-state index is 0.128. The second kappa shape index (κ2) is 8.05. The summed E-state index contributed by atoms with van der Waals surface area (Å²) in [5.41, 5.74) is -5.86. The molecule has 6 rings (SSSR count). The summed E-state index contributed by atoms with van der Waals surface area (Å²) < 4.78 is 22.8. The normalized spacial score (nSPS) is 34.7. The van der Waals surface area contributed by atoms with Gasteiger partial charge in [-0.25, -0.2) is 4.79 Å². The second-order valence-corrected chi connectivity index (χ2v) is 11.6. The predicted molar refractivity (Wildman–Crippen MR) is 134 cm³/mol. The molecule has 0 radical (unpaired) electrons. The van der Waals surface area contributed by atoms with E-state index in [0.29, 0.717) is 11.4 Å². The third-order valence-electron chi connectivity index (χ3n) is 9.06. The van der Waals surface area contributed by atoms with Crippen molar-refractivity contribution in [2.24, 2.45) is 16.2 Å². The van der Waals surface area contributed by atoms with Crippen molar-refractivity contribution in [3.63, 3.8) is 0 Å². The molecule has 3 heterocycles. The standard InChI is InChI=1S/C29H29NO9/c1-26(2,3)28(35)14-19-27(15-20(31)37-19)25(34)39-24-29(27,28)21(38-23(33)16-8-6-5-7-9-16)22(32)30(24)17-10-12-18(36-4)13-11-17/h5-13,19,21,24,35H,14-15H2,1-4H3/t19-,21-,24-,27-,28+,29?/m0/s1. The lowest BCUT2D eigenvalue weighted by molar-refractivity contribution is -0.204. The Balaban J connectivity index is 1.60. The number of methoxy groups -OCH3 is 1. The maximum atomic E-state index is 14.4. The van der Waals surface area contributed by atoms with Crippen LogP contribution >= 0.6 is 0 Å². The first-order valence-corrected chi connectivity index (χ1v) is 12.8. The largest absolute Gasteiger partial charge is 0.497 e. The summed E-state index contributed by atoms with van der Waals surface area (Å²) >= 11 is 0. The van der Waals surface area contributed by atoms with Crippen molar-refractivity contribution in [2.75, 3.05) is 12.0 Å². The number of carbonyl (C=O) groups excluding carboxylic acids is 4. The van der Waals surface area contributed by atoms with Gasteiger partial charge in [-0.05, 0) is 41.8 Å². The number of benzene rings is 2. The SMILES string of the molecule is COc1ccc(N2C(=O)[C@H](OC(=O)c3ccccc3)C34[C@@H]2OC(=O)[C@@]32CC(=O)O[C@H]2C[C@@]4(O)C(C)(C)C)cc1. The van der Waals surface area contributed by atoms with Crippen molar-refractivity contribution in [2.45, 2.75) is 57.6 Å². The number of esters is 3. The molecule has 1 saturated carbocycles. The Labute approximate surface area is 224 Å². The number of hydrogen-bond donors (Lipinski definition) is 1. The van der Waals surface area contributed by atoms with E-state index in [0.717, 1.165) is 0 Å². The van der Waals surface area contributed by atoms with Crippen LogP contribution in [0.3, 0.4) is 0 Å². The van der Waals surface area contributed by atoms with E-state index in [1.54, 1.807) is 75.4 Å². The molecule has 0 aromatic heterocycles. The monoisotopic (exact) mass is 535 g/mol. The van der Waals surface area contributed by atoms with Crippen LogP contribution in [0.15, 0.2) is 54.6 Å². The summed E-state index contributed by atoms with van der Waals surface area (Å²) in [6.07, 6.45) is -4.63. The molecule has 1 unspecified atom stereocenters. The van der Waals surface area contributed by atoms with E-state index >= 15 is 0 Å². The van der Waals surface area contributed by atoms with Gasteiger partial charge in [0.25, 0.3) is 5.91 Å². The number of hydrogen-bond acceptors (Lipinski definition) is 9. The van der Waals surface area contributed by atoms with E-state index in [9.17, 15) is 24.3 Å². The predicted octanol–water partition coefficient (Wildman–Crippen LogP) is 2.62. The molecular weight excluding hydrogens is 506 g/mol. The lowest BCUT2D eigenvalue weighted by atomic mass is 9.52. The summed E-state index contributed by atoms with van der Waals surface area (Å²) in [7, 11) is 1.51. The molecule has 1 amide bonds. The molecule has 6 atom stereocenters. The van der Waals surface area contributed by atoms with Crippen LogP contribution in [0.4, 0.5) is 5.69 Å². The highest BCUT2D eigenvalue weighted by atomic mass is 16.6. The Morgan fingerprint density at radius 3 is 2.31 bits per heavy atom. The van der Waals surface area contributed by atoms with Gasteiger partial charge in [-0.1, -0.05) is 39.0 Å². The van der Waals surface area contributed by atoms with Gasteiger partial charge >= 0.3 is 17.9 Å². The molecule has 204 valence electrons. The molecule has 39 heavy (non-hydrogen) atoms. The number of rotatable bonds is 4. The second-order valence-electron chi connectivity index (χ2n) is 11.6. The van der Waals surface area contributed by atoms with Crippen molar-refractivity contribution in [3.8, 4) is 5.75 Å². The van der Waals surface area contributed by atoms with Gasteiger partial charge < -0.3 is 24.1 Å². The molecule has 10 heteroatoms. The van der Waals surface area contributed by atoms with Gasteiger partial charge in [0.2, 0.25) is 0 Å². The first-order chi connectivity index (χ1) is 18.4. The van der Waals surface area contributed by atoms with Crippen LogP contribution in [0.2, 0.25) is 0 Å². The Kier molecular flexibility index (Phi) is 5.23. The van der Waals surface area contributed by atoms with Crippen LogP contribution in [0.25, 0.3) is 0 Å². The van der Waals surface area contributed by atoms with Crippen molar-refractivity contribution in [1.82, 2.24) is 0 Å². The number of ether oxygens (including phenoxy) is 4. The van der Waals surface area contributed by atoms with Crippen LogP contribution in [-0.4, -0.2) is 60.1 Å². The first kappa shape index (κ1) is 25.4. The van der Waals surface area contributed by atoms with Crippen LogP contribution in [-0.2, 0) is 28.6 Å². The number of nitrogens with zero attached hydrogens (tertiary/aromatic N) is 1. The molecule has 3 saturated heterocycles. The smallest absolute Gasteiger partial charge is 0.338 e. The van der Waals surface area contributed by atoms with Gasteiger partial charge in [-0.3, -0.25) is 19.3 Å². The molecule has 3 aliphatic heterocycles. The van der Waals surface area contributed by atoms with E-state index < -0.39 is 70.5 Å². The minimum Gasteiger partial charge on any atom is -0.497 e. The molecule has 0 bridgehead atoms. The molecule has 1 N–H and O–H groups in total. The maximum absolute atomic E-state index is 14.4. The van der Waals surface area contributed by atoms with Gasteiger partial charge in [0, 0.05) is 12.1 Å². The summed E-state index contributed by atoms with van der Waals surface area (Å²) in [6, 6.07) is 14.6. The average Bonchev–Trinajstić information content (AvgIpc) is 3.51. The molecule has 1 aliphatic carbocycles. The fraction of sp³-hybridized carbons (Fsp3) is 0.448. The number of aliphatic hydroxyl groups is 1. The summed E-state index contributed by atoms with van der Waals surface area (Å²) in [5.74, 6) is -2.36. The van der Waals surface area contributed by atoms with Gasteiger partial charge in [0.1, 0.15) is 22.7 Å². The Morgan fingerprint density at radius 1 is 1.03 bits per heavy atom. The minimum atomic E-state index is -1.85.